The summed E-state index contributed by atoms with van der Waals surface area (Å²) in [7, 11) is 2.08. The number of para-hydroxylation sites is 2. The highest BCUT2D eigenvalue weighted by Gasteiger charge is 2.20. The lowest BCUT2D eigenvalue weighted by Gasteiger charge is -2.16. The average molecular weight is 605 g/mol. The fraction of sp³-hybridized carbons (Fsp3) is 0.0244. The van der Waals surface area contributed by atoms with Gasteiger partial charge in [-0.15, -0.1) is 0 Å². The van der Waals surface area contributed by atoms with Gasteiger partial charge in [0, 0.05) is 58.7 Å². The number of aromatic nitrogens is 6. The lowest BCUT2D eigenvalue weighted by Crippen LogP contribution is -2.00. The van der Waals surface area contributed by atoms with E-state index in [-0.39, 0.29) is 0 Å². The normalized spacial score (nSPS) is 11.5. The van der Waals surface area contributed by atoms with Crippen molar-refractivity contribution >= 4 is 32.8 Å². The first-order chi connectivity index (χ1) is 23.2. The molecule has 0 radical (unpaired) electrons. The Morgan fingerprint density at radius 1 is 0.468 bits per heavy atom. The zero-order valence-corrected chi connectivity index (χ0v) is 25.6. The summed E-state index contributed by atoms with van der Waals surface area (Å²) in [6.07, 6.45) is 5.53. The van der Waals surface area contributed by atoms with Gasteiger partial charge >= 0.3 is 0 Å². The molecule has 0 N–H and O–H groups in total. The third-order valence-corrected chi connectivity index (χ3v) is 8.91. The van der Waals surface area contributed by atoms with E-state index in [1.54, 1.807) is 0 Å². The number of nitrogens with zero attached hydrogens (tertiary/aromatic N) is 6. The zero-order valence-electron chi connectivity index (χ0n) is 25.6. The summed E-state index contributed by atoms with van der Waals surface area (Å²) in [6.45, 7) is 0. The third kappa shape index (κ3) is 4.50. The van der Waals surface area contributed by atoms with Crippen molar-refractivity contribution in [2.45, 2.75) is 0 Å². The van der Waals surface area contributed by atoms with E-state index in [2.05, 4.69) is 117 Å². The SMILES string of the molecule is Cn1c(-c2ccc3c4cc(-c5ccccn5)ccc4n(-c4cc(-c5ccccn5)ccc4-c4ccccn4)c3c2)nc2ccccc21. The minimum Gasteiger partial charge on any atom is -0.327 e. The Bertz CT molecular complexity index is 2570. The Kier molecular flexibility index (Phi) is 6.25. The Balaban J connectivity index is 1.37. The molecule has 222 valence electrons. The molecule has 0 saturated heterocycles. The van der Waals surface area contributed by atoms with Crippen LogP contribution in [0.2, 0.25) is 0 Å². The standard InChI is InChI=1S/C41H28N6/c1-46-38-14-3-2-13-36(38)45-41(46)29-16-18-30-32-24-27(33-10-4-7-21-42-33)17-20-37(32)47(39(30)26-29)40-25-28(34-11-5-8-22-43-34)15-19-31(40)35-12-6-9-23-44-35/h2-26H,1H3. The van der Waals surface area contributed by atoms with Crippen molar-refractivity contribution in [1.29, 1.82) is 0 Å². The molecule has 47 heavy (non-hydrogen) atoms. The maximum Gasteiger partial charge on any atom is 0.140 e. The van der Waals surface area contributed by atoms with Crippen LogP contribution < -0.4 is 0 Å². The van der Waals surface area contributed by atoms with Crippen LogP contribution in [0.15, 0.2) is 152 Å². The van der Waals surface area contributed by atoms with Crippen LogP contribution in [-0.2, 0) is 7.05 Å². The van der Waals surface area contributed by atoms with Gasteiger partial charge in [-0.1, -0.05) is 60.7 Å². The number of rotatable bonds is 5. The van der Waals surface area contributed by atoms with Crippen molar-refractivity contribution in [2.75, 3.05) is 0 Å². The van der Waals surface area contributed by atoms with Crippen molar-refractivity contribution in [2.24, 2.45) is 7.05 Å². The minimum absolute atomic E-state index is 0.904. The topological polar surface area (TPSA) is 61.4 Å². The summed E-state index contributed by atoms with van der Waals surface area (Å²) < 4.78 is 4.54. The molecule has 5 heterocycles. The van der Waals surface area contributed by atoms with Crippen molar-refractivity contribution in [3.05, 3.63) is 152 Å². The van der Waals surface area contributed by atoms with Gasteiger partial charge in [-0.05, 0) is 72.8 Å². The summed E-state index contributed by atoms with van der Waals surface area (Å²) in [4.78, 5) is 19.2. The molecule has 0 aliphatic carbocycles. The smallest absolute Gasteiger partial charge is 0.140 e. The van der Waals surface area contributed by atoms with Crippen molar-refractivity contribution < 1.29 is 0 Å². The van der Waals surface area contributed by atoms with Gasteiger partial charge in [-0.3, -0.25) is 15.0 Å². The molecule has 4 aromatic carbocycles. The first-order valence-electron chi connectivity index (χ1n) is 15.6. The van der Waals surface area contributed by atoms with Gasteiger partial charge in [0.1, 0.15) is 5.82 Å². The maximum absolute atomic E-state index is 5.05. The molecule has 0 bridgehead atoms. The molecular weight excluding hydrogens is 576 g/mol. The van der Waals surface area contributed by atoms with Gasteiger partial charge in [0.25, 0.3) is 0 Å². The van der Waals surface area contributed by atoms with Crippen molar-refractivity contribution in [3.8, 4) is 50.8 Å². The number of aryl methyl sites for hydroxylation is 1. The Hall–Kier alpha value is -6.40. The van der Waals surface area contributed by atoms with E-state index in [9.17, 15) is 0 Å². The number of fused-ring (bicyclic) bond motifs is 4. The fourth-order valence-corrected chi connectivity index (χ4v) is 6.66. The van der Waals surface area contributed by atoms with Gasteiger partial charge in [0.15, 0.2) is 0 Å². The number of hydrogen-bond acceptors (Lipinski definition) is 4. The van der Waals surface area contributed by atoms with Gasteiger partial charge in [-0.2, -0.15) is 0 Å². The molecule has 0 unspecified atom stereocenters. The second kappa shape index (κ2) is 10.9. The molecular formula is C41H28N6. The molecule has 6 heteroatoms. The predicted octanol–water partition coefficient (Wildman–Crippen LogP) is 9.52. The lowest BCUT2D eigenvalue weighted by molar-refractivity contribution is 0.959. The molecule has 9 rings (SSSR count). The number of benzene rings is 4. The number of imidazole rings is 1. The Morgan fingerprint density at radius 2 is 1.11 bits per heavy atom. The summed E-state index contributed by atoms with van der Waals surface area (Å²) in [5.41, 5.74) is 12.2. The van der Waals surface area contributed by atoms with Gasteiger partial charge in [0.2, 0.25) is 0 Å². The minimum atomic E-state index is 0.904. The van der Waals surface area contributed by atoms with Crippen LogP contribution >= 0.6 is 0 Å². The van der Waals surface area contributed by atoms with Gasteiger partial charge in [0.05, 0.1) is 44.8 Å². The highest BCUT2D eigenvalue weighted by Crippen LogP contribution is 2.40. The van der Waals surface area contributed by atoms with Crippen LogP contribution in [0.5, 0.6) is 0 Å². The summed E-state index contributed by atoms with van der Waals surface area (Å²) in [6, 6.07) is 46.2. The molecule has 0 amide bonds. The van der Waals surface area contributed by atoms with Gasteiger partial charge < -0.3 is 9.13 Å². The van der Waals surface area contributed by atoms with Crippen LogP contribution in [0, 0.1) is 0 Å². The molecule has 0 aliphatic rings. The molecule has 0 aliphatic heterocycles. The van der Waals surface area contributed by atoms with Gasteiger partial charge in [-0.25, -0.2) is 4.98 Å². The summed E-state index contributed by atoms with van der Waals surface area (Å²) >= 11 is 0. The lowest BCUT2D eigenvalue weighted by atomic mass is 10.0. The van der Waals surface area contributed by atoms with Crippen LogP contribution in [0.3, 0.4) is 0 Å². The molecule has 9 aromatic rings. The van der Waals surface area contributed by atoms with E-state index in [0.717, 1.165) is 83.7 Å². The predicted molar refractivity (Wildman–Crippen MR) is 190 cm³/mol. The van der Waals surface area contributed by atoms with E-state index in [1.807, 2.05) is 61.1 Å². The van der Waals surface area contributed by atoms with Crippen molar-refractivity contribution in [3.63, 3.8) is 0 Å². The first-order valence-corrected chi connectivity index (χ1v) is 15.6. The van der Waals surface area contributed by atoms with Crippen LogP contribution in [0.4, 0.5) is 0 Å². The highest BCUT2D eigenvalue weighted by molar-refractivity contribution is 6.12. The second-order valence-electron chi connectivity index (χ2n) is 11.7. The summed E-state index contributed by atoms with van der Waals surface area (Å²) in [5.74, 6) is 0.922. The number of pyridine rings is 3. The first kappa shape index (κ1) is 27.0. The molecule has 0 fully saturated rings. The van der Waals surface area contributed by atoms with E-state index in [4.69, 9.17) is 9.97 Å². The average Bonchev–Trinajstić information content (AvgIpc) is 3.66. The second-order valence-corrected chi connectivity index (χ2v) is 11.7. The molecule has 0 saturated carbocycles. The quantitative estimate of drug-likeness (QED) is 0.196. The fourth-order valence-electron chi connectivity index (χ4n) is 6.66. The molecule has 0 spiro atoms. The van der Waals surface area contributed by atoms with E-state index in [0.29, 0.717) is 0 Å². The zero-order chi connectivity index (χ0) is 31.3. The third-order valence-electron chi connectivity index (χ3n) is 8.91. The molecule has 6 nitrogen and oxygen atoms in total. The largest absolute Gasteiger partial charge is 0.327 e. The monoisotopic (exact) mass is 604 g/mol. The number of hydrogen-bond donors (Lipinski definition) is 0. The Morgan fingerprint density at radius 3 is 1.81 bits per heavy atom. The van der Waals surface area contributed by atoms with Crippen LogP contribution in [0.1, 0.15) is 0 Å². The van der Waals surface area contributed by atoms with Crippen molar-refractivity contribution in [1.82, 2.24) is 29.1 Å². The Labute approximate surface area is 271 Å². The van der Waals surface area contributed by atoms with E-state index in [1.165, 1.54) is 0 Å². The maximum atomic E-state index is 5.05. The van der Waals surface area contributed by atoms with Crippen LogP contribution in [0.25, 0.3) is 83.7 Å². The van der Waals surface area contributed by atoms with E-state index < -0.39 is 0 Å². The summed E-state index contributed by atoms with van der Waals surface area (Å²) in [5, 5.41) is 2.30. The molecule has 0 atom stereocenters. The molecule has 5 aromatic heterocycles. The van der Waals surface area contributed by atoms with Crippen LogP contribution in [-0.4, -0.2) is 29.1 Å². The highest BCUT2D eigenvalue weighted by atomic mass is 15.1. The van der Waals surface area contributed by atoms with E-state index >= 15 is 0 Å².